The summed E-state index contributed by atoms with van der Waals surface area (Å²) in [4.78, 5) is 1.92. The van der Waals surface area contributed by atoms with Crippen molar-refractivity contribution in [1.29, 1.82) is 5.26 Å². The molecule has 0 saturated carbocycles. The Hall–Kier alpha value is -0.560. The van der Waals surface area contributed by atoms with Gasteiger partial charge in [0.25, 0.3) is 0 Å². The van der Waals surface area contributed by atoms with Crippen LogP contribution in [0.15, 0.2) is 11.4 Å². The number of hydrogen-bond acceptors (Lipinski definition) is 3. The molecule has 0 amide bonds. The first-order valence-corrected chi connectivity index (χ1v) is 4.77. The molecule has 0 radical (unpaired) electrons. The quantitative estimate of drug-likeness (QED) is 0.701. The van der Waals surface area contributed by atoms with E-state index in [1.165, 1.54) is 11.3 Å². The van der Waals surface area contributed by atoms with Crippen LogP contribution in [-0.2, 0) is 6.54 Å². The van der Waals surface area contributed by atoms with Crippen LogP contribution >= 0.6 is 22.9 Å². The van der Waals surface area contributed by atoms with E-state index in [4.69, 9.17) is 16.9 Å². The number of rotatable bonds is 3. The van der Waals surface area contributed by atoms with Crippen molar-refractivity contribution in [1.82, 2.24) is 4.90 Å². The van der Waals surface area contributed by atoms with E-state index in [0.717, 1.165) is 16.4 Å². The highest BCUT2D eigenvalue weighted by Gasteiger charge is 2.04. The summed E-state index contributed by atoms with van der Waals surface area (Å²) < 4.78 is 0.819. The predicted molar refractivity (Wildman–Crippen MR) is 51.3 cm³/mol. The average molecular weight is 201 g/mol. The summed E-state index contributed by atoms with van der Waals surface area (Å²) in [6, 6.07) is 4.07. The zero-order valence-corrected chi connectivity index (χ0v) is 8.32. The van der Waals surface area contributed by atoms with Gasteiger partial charge in [-0.1, -0.05) is 11.6 Å². The van der Waals surface area contributed by atoms with E-state index >= 15 is 0 Å². The molecule has 0 unspecified atom stereocenters. The SMILES string of the molecule is CN(CC#N)Cc1ccsc1Cl. The van der Waals surface area contributed by atoms with Gasteiger partial charge in [0.1, 0.15) is 0 Å². The maximum Gasteiger partial charge on any atom is 0.0973 e. The molecular weight excluding hydrogens is 192 g/mol. The summed E-state index contributed by atoms with van der Waals surface area (Å²) in [5.41, 5.74) is 1.10. The predicted octanol–water partition coefficient (Wildman–Crippen LogP) is 2.36. The normalized spacial score (nSPS) is 10.2. The summed E-state index contributed by atoms with van der Waals surface area (Å²) in [6.07, 6.45) is 0. The lowest BCUT2D eigenvalue weighted by Gasteiger charge is -2.10. The number of hydrogen-bond donors (Lipinski definition) is 0. The maximum atomic E-state index is 8.41. The topological polar surface area (TPSA) is 27.0 Å². The molecule has 0 saturated heterocycles. The Labute approximate surface area is 81.0 Å². The van der Waals surface area contributed by atoms with Crippen molar-refractivity contribution in [3.05, 3.63) is 21.3 Å². The van der Waals surface area contributed by atoms with Crippen molar-refractivity contribution < 1.29 is 0 Å². The summed E-state index contributed by atoms with van der Waals surface area (Å²) >= 11 is 7.41. The Morgan fingerprint density at radius 2 is 2.50 bits per heavy atom. The van der Waals surface area contributed by atoms with Crippen LogP contribution < -0.4 is 0 Å². The highest BCUT2D eigenvalue weighted by Crippen LogP contribution is 2.23. The van der Waals surface area contributed by atoms with Gasteiger partial charge in [0.05, 0.1) is 17.0 Å². The second-order valence-corrected chi connectivity index (χ2v) is 4.07. The van der Waals surface area contributed by atoms with Crippen LogP contribution in [0, 0.1) is 11.3 Å². The van der Waals surface area contributed by atoms with Gasteiger partial charge in [0.15, 0.2) is 0 Å². The Balaban J connectivity index is 2.53. The van der Waals surface area contributed by atoms with E-state index in [1.54, 1.807) is 0 Å². The van der Waals surface area contributed by atoms with Gasteiger partial charge in [-0.2, -0.15) is 5.26 Å². The highest BCUT2D eigenvalue weighted by atomic mass is 35.5. The minimum absolute atomic E-state index is 0.437. The van der Waals surface area contributed by atoms with E-state index in [0.29, 0.717) is 6.54 Å². The van der Waals surface area contributed by atoms with E-state index in [-0.39, 0.29) is 0 Å². The van der Waals surface area contributed by atoms with Crippen LogP contribution in [0.4, 0.5) is 0 Å². The van der Waals surface area contributed by atoms with Crippen molar-refractivity contribution in [2.45, 2.75) is 6.54 Å². The van der Waals surface area contributed by atoms with E-state index in [2.05, 4.69) is 6.07 Å². The molecule has 64 valence electrons. The fraction of sp³-hybridized carbons (Fsp3) is 0.375. The molecule has 0 spiro atoms. The van der Waals surface area contributed by atoms with Gasteiger partial charge < -0.3 is 0 Å². The van der Waals surface area contributed by atoms with Crippen molar-refractivity contribution in [3.63, 3.8) is 0 Å². The largest absolute Gasteiger partial charge is 0.289 e. The Bertz CT molecular complexity index is 289. The van der Waals surface area contributed by atoms with Crippen LogP contribution in [0.2, 0.25) is 4.34 Å². The molecule has 0 atom stereocenters. The minimum Gasteiger partial charge on any atom is -0.289 e. The van der Waals surface area contributed by atoms with E-state index in [1.807, 2.05) is 23.4 Å². The van der Waals surface area contributed by atoms with Gasteiger partial charge in [-0.25, -0.2) is 0 Å². The summed E-state index contributed by atoms with van der Waals surface area (Å²) in [5, 5.41) is 10.4. The fourth-order valence-corrected chi connectivity index (χ4v) is 1.81. The first-order valence-electron chi connectivity index (χ1n) is 3.51. The summed E-state index contributed by atoms with van der Waals surface area (Å²) in [6.45, 7) is 1.18. The molecule has 0 aliphatic heterocycles. The first-order chi connectivity index (χ1) is 5.74. The van der Waals surface area contributed by atoms with Crippen LogP contribution in [0.1, 0.15) is 5.56 Å². The van der Waals surface area contributed by atoms with E-state index < -0.39 is 0 Å². The van der Waals surface area contributed by atoms with Crippen LogP contribution in [0.25, 0.3) is 0 Å². The molecule has 0 aliphatic rings. The molecule has 1 aromatic heterocycles. The minimum atomic E-state index is 0.437. The second-order valence-electron chi connectivity index (χ2n) is 2.55. The molecule has 1 heterocycles. The van der Waals surface area contributed by atoms with Crippen LogP contribution in [0.5, 0.6) is 0 Å². The third-order valence-electron chi connectivity index (χ3n) is 1.47. The monoisotopic (exact) mass is 200 g/mol. The number of thiophene rings is 1. The van der Waals surface area contributed by atoms with Gasteiger partial charge >= 0.3 is 0 Å². The molecule has 4 heteroatoms. The Morgan fingerprint density at radius 1 is 1.75 bits per heavy atom. The lowest BCUT2D eigenvalue weighted by Crippen LogP contribution is -2.17. The Morgan fingerprint density at radius 3 is 3.00 bits per heavy atom. The summed E-state index contributed by atoms with van der Waals surface area (Å²) in [5.74, 6) is 0. The molecule has 0 aromatic carbocycles. The molecule has 0 bridgehead atoms. The molecule has 0 fully saturated rings. The molecule has 12 heavy (non-hydrogen) atoms. The number of nitrogens with zero attached hydrogens (tertiary/aromatic N) is 2. The maximum absolute atomic E-state index is 8.41. The zero-order valence-electron chi connectivity index (χ0n) is 6.75. The smallest absolute Gasteiger partial charge is 0.0973 e. The number of halogens is 1. The third-order valence-corrected chi connectivity index (χ3v) is 2.73. The third kappa shape index (κ3) is 2.49. The van der Waals surface area contributed by atoms with Gasteiger partial charge in [0.2, 0.25) is 0 Å². The molecule has 0 aliphatic carbocycles. The Kier molecular flexibility index (Phi) is 3.54. The molecule has 1 rings (SSSR count). The second kappa shape index (κ2) is 4.46. The van der Waals surface area contributed by atoms with Gasteiger partial charge in [0, 0.05) is 6.54 Å². The lowest BCUT2D eigenvalue weighted by atomic mass is 10.3. The summed E-state index contributed by atoms with van der Waals surface area (Å²) in [7, 11) is 1.90. The standard InChI is InChI=1S/C8H9ClN2S/c1-11(4-3-10)6-7-2-5-12-8(7)9/h2,5H,4,6H2,1H3. The molecule has 2 nitrogen and oxygen atoms in total. The lowest BCUT2D eigenvalue weighted by molar-refractivity contribution is 0.368. The average Bonchev–Trinajstić information content (AvgIpc) is 2.37. The highest BCUT2D eigenvalue weighted by molar-refractivity contribution is 7.14. The van der Waals surface area contributed by atoms with Crippen molar-refractivity contribution in [2.75, 3.05) is 13.6 Å². The van der Waals surface area contributed by atoms with Crippen molar-refractivity contribution in [2.24, 2.45) is 0 Å². The first kappa shape index (κ1) is 9.53. The zero-order chi connectivity index (χ0) is 8.97. The van der Waals surface area contributed by atoms with Gasteiger partial charge in [-0.15, -0.1) is 11.3 Å². The van der Waals surface area contributed by atoms with Crippen LogP contribution in [-0.4, -0.2) is 18.5 Å². The van der Waals surface area contributed by atoms with Gasteiger partial charge in [-0.05, 0) is 24.1 Å². The van der Waals surface area contributed by atoms with Crippen molar-refractivity contribution >= 4 is 22.9 Å². The van der Waals surface area contributed by atoms with Gasteiger partial charge in [-0.3, -0.25) is 4.90 Å². The molecular formula is C8H9ClN2S. The molecule has 0 N–H and O–H groups in total. The van der Waals surface area contributed by atoms with E-state index in [9.17, 15) is 0 Å². The van der Waals surface area contributed by atoms with Crippen molar-refractivity contribution in [3.8, 4) is 6.07 Å². The molecule has 1 aromatic rings. The fourth-order valence-electron chi connectivity index (χ4n) is 0.899. The van der Waals surface area contributed by atoms with Crippen LogP contribution in [0.3, 0.4) is 0 Å². The number of nitriles is 1.